The maximum absolute atomic E-state index is 7.60. The summed E-state index contributed by atoms with van der Waals surface area (Å²) in [5, 5.41) is 4.44. The van der Waals surface area contributed by atoms with Crippen molar-refractivity contribution in [2.75, 3.05) is 19.8 Å². The zero-order chi connectivity index (χ0) is 28.1. The predicted molar refractivity (Wildman–Crippen MR) is 161 cm³/mol. The van der Waals surface area contributed by atoms with Gasteiger partial charge in [0.15, 0.2) is 5.79 Å². The molecule has 0 radical (unpaired) electrons. The molecule has 6 nitrogen and oxygen atoms in total. The molecule has 5 rings (SSSR count). The molecule has 0 spiro atoms. The molecular formula is C31H47NO5Si2. The van der Waals surface area contributed by atoms with Crippen LogP contribution in [0.5, 0.6) is 0 Å². The summed E-state index contributed by atoms with van der Waals surface area (Å²) in [6.45, 7) is 20.0. The summed E-state index contributed by atoms with van der Waals surface area (Å²) in [7, 11) is -4.09. The van der Waals surface area contributed by atoms with Crippen LogP contribution in [0.15, 0.2) is 60.7 Å². The fourth-order valence-electron chi connectivity index (χ4n) is 6.46. The van der Waals surface area contributed by atoms with Gasteiger partial charge in [-0.3, -0.25) is 4.84 Å². The highest BCUT2D eigenvalue weighted by Crippen LogP contribution is 2.44. The molecule has 3 heterocycles. The Bertz CT molecular complexity index is 1060. The van der Waals surface area contributed by atoms with E-state index in [0.717, 1.165) is 6.04 Å². The molecule has 3 aliphatic heterocycles. The lowest BCUT2D eigenvalue weighted by molar-refractivity contribution is -0.287. The van der Waals surface area contributed by atoms with Crippen molar-refractivity contribution in [1.29, 1.82) is 0 Å². The maximum atomic E-state index is 7.60. The van der Waals surface area contributed by atoms with Gasteiger partial charge in [0.25, 0.3) is 8.32 Å². The zero-order valence-corrected chi connectivity index (χ0v) is 27.0. The van der Waals surface area contributed by atoms with Gasteiger partial charge in [0.05, 0.1) is 25.3 Å². The predicted octanol–water partition coefficient (Wildman–Crippen LogP) is 4.80. The monoisotopic (exact) mass is 569 g/mol. The minimum absolute atomic E-state index is 0.0419. The van der Waals surface area contributed by atoms with Gasteiger partial charge >= 0.3 is 0 Å². The summed E-state index contributed by atoms with van der Waals surface area (Å²) < 4.78 is 27.2. The number of nitrogens with zero attached hydrogens (tertiary/aromatic N) is 1. The molecule has 0 aliphatic carbocycles. The summed E-state index contributed by atoms with van der Waals surface area (Å²) >= 11 is 0. The van der Waals surface area contributed by atoms with E-state index in [4.69, 9.17) is 23.5 Å². The van der Waals surface area contributed by atoms with Gasteiger partial charge in [-0.05, 0) is 35.3 Å². The van der Waals surface area contributed by atoms with Crippen molar-refractivity contribution < 1.29 is 23.5 Å². The largest absolute Gasteiger partial charge is 0.399 e. The SMILES string of the molecule is CC1(C)O[C@@H]2[C@H]3[C@@H](OCC[Si](C)(C)C)[C@H](O[Si](c4ccccc4)(c4ccccc4)C(C)(C)C)CON3C[C@@H]2O1. The molecule has 3 fully saturated rings. The number of hydrogen-bond acceptors (Lipinski definition) is 6. The van der Waals surface area contributed by atoms with Crippen LogP contribution in [0.3, 0.4) is 0 Å². The zero-order valence-electron chi connectivity index (χ0n) is 25.0. The second-order valence-corrected chi connectivity index (χ2v) is 23.9. The highest BCUT2D eigenvalue weighted by Gasteiger charge is 2.61. The van der Waals surface area contributed by atoms with Gasteiger partial charge in [-0.15, -0.1) is 0 Å². The highest BCUT2D eigenvalue weighted by atomic mass is 28.4. The van der Waals surface area contributed by atoms with Crippen LogP contribution in [0.25, 0.3) is 0 Å². The van der Waals surface area contributed by atoms with Crippen LogP contribution in [0, 0.1) is 0 Å². The van der Waals surface area contributed by atoms with Crippen molar-refractivity contribution in [2.45, 2.75) is 102 Å². The van der Waals surface area contributed by atoms with Crippen LogP contribution in [0.1, 0.15) is 34.6 Å². The lowest BCUT2D eigenvalue weighted by Crippen LogP contribution is -2.71. The van der Waals surface area contributed by atoms with Gasteiger partial charge < -0.3 is 18.6 Å². The topological polar surface area (TPSA) is 49.4 Å². The summed E-state index contributed by atoms with van der Waals surface area (Å²) in [6, 6.07) is 22.6. The Morgan fingerprint density at radius 1 is 0.923 bits per heavy atom. The average Bonchev–Trinajstić information content (AvgIpc) is 3.34. The molecule has 0 aromatic heterocycles. The number of hydroxylamine groups is 2. The molecule has 0 bridgehead atoms. The van der Waals surface area contributed by atoms with Crippen LogP contribution in [0.2, 0.25) is 30.7 Å². The van der Waals surface area contributed by atoms with Crippen LogP contribution in [0.4, 0.5) is 0 Å². The molecule has 3 saturated heterocycles. The van der Waals surface area contributed by atoms with E-state index >= 15 is 0 Å². The molecule has 214 valence electrons. The molecule has 5 atom stereocenters. The third kappa shape index (κ3) is 5.85. The first-order chi connectivity index (χ1) is 18.3. The molecule has 39 heavy (non-hydrogen) atoms. The molecule has 0 unspecified atom stereocenters. The Hall–Kier alpha value is -1.37. The van der Waals surface area contributed by atoms with Crippen molar-refractivity contribution in [3.63, 3.8) is 0 Å². The second kappa shape index (κ2) is 10.8. The molecule has 2 aromatic rings. The van der Waals surface area contributed by atoms with Crippen LogP contribution < -0.4 is 10.4 Å². The van der Waals surface area contributed by atoms with Gasteiger partial charge in [0, 0.05) is 14.7 Å². The van der Waals surface area contributed by atoms with Crippen LogP contribution in [-0.4, -0.2) is 77.5 Å². The van der Waals surface area contributed by atoms with Crippen molar-refractivity contribution >= 4 is 26.8 Å². The normalized spacial score (nSPS) is 29.3. The maximum Gasteiger partial charge on any atom is 0.261 e. The molecule has 8 heteroatoms. The minimum atomic E-state index is -2.80. The smallest absolute Gasteiger partial charge is 0.261 e. The van der Waals surface area contributed by atoms with E-state index in [2.05, 4.69) is 106 Å². The Labute approximate surface area is 237 Å². The Morgan fingerprint density at radius 2 is 1.51 bits per heavy atom. The minimum Gasteiger partial charge on any atom is -0.399 e. The lowest BCUT2D eigenvalue weighted by atomic mass is 9.99. The van der Waals surface area contributed by atoms with Crippen molar-refractivity contribution in [2.24, 2.45) is 0 Å². The third-order valence-electron chi connectivity index (χ3n) is 8.27. The summed E-state index contributed by atoms with van der Waals surface area (Å²) in [4.78, 5) is 6.43. The van der Waals surface area contributed by atoms with E-state index in [9.17, 15) is 0 Å². The third-order valence-corrected chi connectivity index (χ3v) is 15.0. The average molecular weight is 570 g/mol. The summed E-state index contributed by atoms with van der Waals surface area (Å²) in [5.74, 6) is -0.615. The number of rotatable bonds is 8. The van der Waals surface area contributed by atoms with E-state index in [1.165, 1.54) is 10.4 Å². The van der Waals surface area contributed by atoms with Gasteiger partial charge in [0.1, 0.15) is 18.3 Å². The molecule has 2 aromatic carbocycles. The van der Waals surface area contributed by atoms with Gasteiger partial charge in [-0.2, -0.15) is 5.06 Å². The van der Waals surface area contributed by atoms with Gasteiger partial charge in [-0.1, -0.05) is 101 Å². The van der Waals surface area contributed by atoms with E-state index < -0.39 is 22.2 Å². The van der Waals surface area contributed by atoms with E-state index in [0.29, 0.717) is 19.8 Å². The fraction of sp³-hybridized carbons (Fsp3) is 0.613. The van der Waals surface area contributed by atoms with E-state index in [-0.39, 0.29) is 35.5 Å². The Balaban J connectivity index is 1.55. The number of hydrogen-bond donors (Lipinski definition) is 0. The number of fused-ring (bicyclic) bond motifs is 3. The second-order valence-electron chi connectivity index (χ2n) is 14.0. The lowest BCUT2D eigenvalue weighted by Gasteiger charge is -2.49. The fourth-order valence-corrected chi connectivity index (χ4v) is 11.9. The first-order valence-electron chi connectivity index (χ1n) is 14.5. The molecular weight excluding hydrogens is 523 g/mol. The van der Waals surface area contributed by atoms with Crippen LogP contribution >= 0.6 is 0 Å². The summed E-state index contributed by atoms with van der Waals surface area (Å²) in [5.41, 5.74) is 0. The Kier molecular flexibility index (Phi) is 8.07. The summed E-state index contributed by atoms with van der Waals surface area (Å²) in [6.07, 6.45) is -0.600. The molecule has 0 saturated carbocycles. The van der Waals surface area contributed by atoms with Crippen molar-refractivity contribution in [3.05, 3.63) is 60.7 Å². The van der Waals surface area contributed by atoms with Gasteiger partial charge in [0.2, 0.25) is 0 Å². The molecule has 0 N–H and O–H groups in total. The number of ether oxygens (including phenoxy) is 3. The quantitative estimate of drug-likeness (QED) is 0.426. The van der Waals surface area contributed by atoms with Gasteiger partial charge in [-0.25, -0.2) is 0 Å². The van der Waals surface area contributed by atoms with E-state index in [1.54, 1.807) is 0 Å². The molecule has 0 amide bonds. The van der Waals surface area contributed by atoms with E-state index in [1.807, 2.05) is 13.8 Å². The first kappa shape index (κ1) is 29.1. The first-order valence-corrected chi connectivity index (χ1v) is 20.1. The molecule has 3 aliphatic rings. The van der Waals surface area contributed by atoms with Crippen LogP contribution in [-0.2, 0) is 23.5 Å². The standard InChI is InChI=1S/C31H47NO5Si2/c1-30(2,3)39(23-15-11-9-12-16-23,24-17-13-10-14-18-24)37-26-22-34-32-21-25-29(36-31(4,5)35-25)27(32)28(26)33-19-20-38(6,7)8/h9-18,25-29H,19-22H2,1-8H3/t25-,26+,27+,28-,29-/m0/s1. The van der Waals surface area contributed by atoms with Crippen molar-refractivity contribution in [1.82, 2.24) is 5.06 Å². The number of benzene rings is 2. The Morgan fingerprint density at radius 3 is 2.05 bits per heavy atom. The van der Waals surface area contributed by atoms with Crippen molar-refractivity contribution in [3.8, 4) is 0 Å². The highest BCUT2D eigenvalue weighted by molar-refractivity contribution is 6.99.